The van der Waals surface area contributed by atoms with Crippen molar-refractivity contribution in [2.24, 2.45) is 17.5 Å². The van der Waals surface area contributed by atoms with Crippen LogP contribution in [0.1, 0.15) is 26.7 Å². The van der Waals surface area contributed by atoms with Crippen LogP contribution in [0.5, 0.6) is 0 Å². The Bertz CT molecular complexity index is 123. The van der Waals surface area contributed by atoms with Crippen LogP contribution in [-0.2, 0) is 4.79 Å². The van der Waals surface area contributed by atoms with Crippen LogP contribution in [0.4, 0.5) is 0 Å². The number of hydrogen-bond donors (Lipinski definition) is 3. The van der Waals surface area contributed by atoms with Crippen molar-refractivity contribution in [2.45, 2.75) is 32.7 Å². The van der Waals surface area contributed by atoms with E-state index in [-0.39, 0.29) is 17.9 Å². The summed E-state index contributed by atoms with van der Waals surface area (Å²) >= 11 is 0. The number of amides is 1. The molecule has 0 fully saturated rings. The van der Waals surface area contributed by atoms with Crippen LogP contribution >= 0.6 is 0 Å². The van der Waals surface area contributed by atoms with E-state index in [1.807, 2.05) is 13.8 Å². The Morgan fingerprint density at radius 2 is 1.91 bits per heavy atom. The molecule has 4 heteroatoms. The summed E-state index contributed by atoms with van der Waals surface area (Å²) in [6.45, 7) is 4.03. The minimum absolute atomic E-state index is 0.248. The highest BCUT2D eigenvalue weighted by atomic mass is 16.1. The van der Waals surface area contributed by atoms with E-state index >= 15 is 0 Å². The molecule has 0 aliphatic rings. The molecule has 11 heavy (non-hydrogen) atoms. The van der Waals surface area contributed by atoms with Gasteiger partial charge in [-0.1, -0.05) is 26.7 Å². The van der Waals surface area contributed by atoms with Crippen LogP contribution < -0.4 is 17.0 Å². The molecule has 66 valence electrons. The van der Waals surface area contributed by atoms with Gasteiger partial charge in [0.25, 0.3) is 0 Å². The number of hydrazine groups is 1. The summed E-state index contributed by atoms with van der Waals surface area (Å²) in [6.07, 6.45) is 1.82. The fraction of sp³-hybridized carbons (Fsp3) is 0.857. The first-order chi connectivity index (χ1) is 5.17. The van der Waals surface area contributed by atoms with Crippen molar-refractivity contribution in [3.05, 3.63) is 0 Å². The lowest BCUT2D eigenvalue weighted by Gasteiger charge is -2.20. The summed E-state index contributed by atoms with van der Waals surface area (Å²) in [5, 5.41) is 0. The molecular formula is C7H17N3O. The zero-order valence-electron chi connectivity index (χ0n) is 7.13. The van der Waals surface area contributed by atoms with Crippen LogP contribution in [0.15, 0.2) is 0 Å². The molecule has 0 aromatic heterocycles. The van der Waals surface area contributed by atoms with E-state index in [1.54, 1.807) is 0 Å². The number of primary amides is 1. The van der Waals surface area contributed by atoms with Gasteiger partial charge in [0.2, 0.25) is 5.91 Å². The largest absolute Gasteiger partial charge is 0.368 e. The number of nitrogens with one attached hydrogen (secondary N) is 1. The molecule has 4 nitrogen and oxygen atoms in total. The van der Waals surface area contributed by atoms with Gasteiger partial charge in [0.15, 0.2) is 0 Å². The van der Waals surface area contributed by atoms with E-state index in [1.165, 1.54) is 0 Å². The maximum Gasteiger partial charge on any atom is 0.236 e. The summed E-state index contributed by atoms with van der Waals surface area (Å²) in [7, 11) is 0. The first kappa shape index (κ1) is 10.4. The molecule has 0 saturated heterocycles. The maximum atomic E-state index is 10.8. The van der Waals surface area contributed by atoms with Crippen LogP contribution in [0.2, 0.25) is 0 Å². The van der Waals surface area contributed by atoms with E-state index in [9.17, 15) is 4.79 Å². The van der Waals surface area contributed by atoms with E-state index in [2.05, 4.69) is 5.43 Å². The van der Waals surface area contributed by atoms with Crippen LogP contribution in [0, 0.1) is 5.92 Å². The van der Waals surface area contributed by atoms with Crippen molar-refractivity contribution < 1.29 is 4.79 Å². The lowest BCUT2D eigenvalue weighted by Crippen LogP contribution is -2.49. The van der Waals surface area contributed by atoms with E-state index < -0.39 is 0 Å². The van der Waals surface area contributed by atoms with Gasteiger partial charge in [-0.05, 0) is 5.92 Å². The summed E-state index contributed by atoms with van der Waals surface area (Å²) < 4.78 is 0. The minimum atomic E-state index is -0.384. The molecule has 0 spiro atoms. The molecule has 0 radical (unpaired) electrons. The molecule has 0 aromatic rings. The second-order valence-corrected chi connectivity index (χ2v) is 2.62. The molecule has 0 aromatic carbocycles. The Balaban J connectivity index is 4.09. The van der Waals surface area contributed by atoms with Crippen LogP contribution in [0.25, 0.3) is 0 Å². The lowest BCUT2D eigenvalue weighted by atomic mass is 9.94. The van der Waals surface area contributed by atoms with Crippen molar-refractivity contribution in [1.29, 1.82) is 0 Å². The van der Waals surface area contributed by atoms with Gasteiger partial charge in [0, 0.05) is 0 Å². The smallest absolute Gasteiger partial charge is 0.236 e. The second-order valence-electron chi connectivity index (χ2n) is 2.62. The fourth-order valence-electron chi connectivity index (χ4n) is 1.21. The SMILES string of the molecule is CCC(CC)C(NN)C(N)=O. The molecule has 0 heterocycles. The number of nitrogens with two attached hydrogens (primary N) is 2. The first-order valence-electron chi connectivity index (χ1n) is 3.92. The highest BCUT2D eigenvalue weighted by Gasteiger charge is 2.21. The van der Waals surface area contributed by atoms with Gasteiger partial charge in [-0.3, -0.25) is 10.6 Å². The minimum Gasteiger partial charge on any atom is -0.368 e. The maximum absolute atomic E-state index is 10.8. The zero-order valence-corrected chi connectivity index (χ0v) is 7.13. The molecule has 0 aliphatic carbocycles. The quantitative estimate of drug-likeness (QED) is 0.382. The van der Waals surface area contributed by atoms with Crippen molar-refractivity contribution in [3.63, 3.8) is 0 Å². The number of carbonyl (C=O) groups excluding carboxylic acids is 1. The van der Waals surface area contributed by atoms with E-state index in [0.717, 1.165) is 12.8 Å². The van der Waals surface area contributed by atoms with Gasteiger partial charge in [-0.25, -0.2) is 5.43 Å². The highest BCUT2D eigenvalue weighted by Crippen LogP contribution is 2.11. The molecule has 0 rings (SSSR count). The summed E-state index contributed by atoms with van der Waals surface area (Å²) in [4.78, 5) is 10.8. The third-order valence-electron chi connectivity index (χ3n) is 2.01. The van der Waals surface area contributed by atoms with E-state index in [0.29, 0.717) is 0 Å². The second kappa shape index (κ2) is 5.09. The summed E-state index contributed by atoms with van der Waals surface area (Å²) in [5.41, 5.74) is 7.55. The van der Waals surface area contributed by atoms with Crippen LogP contribution in [-0.4, -0.2) is 11.9 Å². The molecule has 0 saturated carbocycles. The Hall–Kier alpha value is -0.610. The average Bonchev–Trinajstić information content (AvgIpc) is 1.99. The third kappa shape index (κ3) is 2.86. The van der Waals surface area contributed by atoms with Crippen LogP contribution in [0.3, 0.4) is 0 Å². The highest BCUT2D eigenvalue weighted by molar-refractivity contribution is 5.80. The molecule has 1 atom stereocenters. The molecule has 0 bridgehead atoms. The van der Waals surface area contributed by atoms with Gasteiger partial charge in [0.1, 0.15) is 6.04 Å². The molecule has 1 amide bonds. The van der Waals surface area contributed by atoms with Crippen molar-refractivity contribution >= 4 is 5.91 Å². The Morgan fingerprint density at radius 1 is 1.45 bits per heavy atom. The van der Waals surface area contributed by atoms with E-state index in [4.69, 9.17) is 11.6 Å². The molecular weight excluding hydrogens is 142 g/mol. The molecule has 5 N–H and O–H groups in total. The predicted molar refractivity (Wildman–Crippen MR) is 44.4 cm³/mol. The van der Waals surface area contributed by atoms with Crippen molar-refractivity contribution in [2.75, 3.05) is 0 Å². The normalized spacial score (nSPS) is 13.5. The van der Waals surface area contributed by atoms with Gasteiger partial charge in [-0.15, -0.1) is 0 Å². The third-order valence-corrected chi connectivity index (χ3v) is 2.01. The fourth-order valence-corrected chi connectivity index (χ4v) is 1.21. The zero-order chi connectivity index (χ0) is 8.85. The predicted octanol–water partition coefficient (Wildman–Crippen LogP) is -0.260. The first-order valence-corrected chi connectivity index (χ1v) is 3.92. The van der Waals surface area contributed by atoms with Gasteiger partial charge in [-0.2, -0.15) is 0 Å². The Morgan fingerprint density at radius 3 is 2.00 bits per heavy atom. The lowest BCUT2D eigenvalue weighted by molar-refractivity contribution is -0.121. The summed E-state index contributed by atoms with van der Waals surface area (Å²) in [5.74, 6) is 5.05. The van der Waals surface area contributed by atoms with Gasteiger partial charge < -0.3 is 5.73 Å². The monoisotopic (exact) mass is 159 g/mol. The van der Waals surface area contributed by atoms with Crippen molar-refractivity contribution in [1.82, 2.24) is 5.43 Å². The molecule has 1 unspecified atom stereocenters. The number of rotatable bonds is 5. The Kier molecular flexibility index (Phi) is 4.81. The van der Waals surface area contributed by atoms with Gasteiger partial charge >= 0.3 is 0 Å². The topological polar surface area (TPSA) is 81.1 Å². The molecule has 0 aliphatic heterocycles. The summed E-state index contributed by atoms with van der Waals surface area (Å²) in [6, 6.07) is -0.384. The Labute approximate surface area is 67.3 Å². The van der Waals surface area contributed by atoms with Crippen molar-refractivity contribution in [3.8, 4) is 0 Å². The number of carbonyl (C=O) groups is 1. The average molecular weight is 159 g/mol. The van der Waals surface area contributed by atoms with Gasteiger partial charge in [0.05, 0.1) is 0 Å². The number of hydrogen-bond acceptors (Lipinski definition) is 3. The standard InChI is InChI=1S/C7H17N3O/c1-3-5(4-2)6(10-9)7(8)11/h5-6,10H,3-4,9H2,1-2H3,(H2,8,11).